The third-order valence-electron chi connectivity index (χ3n) is 2.54. The minimum absolute atomic E-state index is 0.187. The Kier molecular flexibility index (Phi) is 11.3. The summed E-state index contributed by atoms with van der Waals surface area (Å²) in [7, 11) is 0. The lowest BCUT2D eigenvalue weighted by Gasteiger charge is -2.13. The molecule has 0 amide bonds. The molecule has 0 aliphatic heterocycles. The van der Waals surface area contributed by atoms with Gasteiger partial charge in [-0.2, -0.15) is 0 Å². The molecule has 0 aromatic carbocycles. The Labute approximate surface area is 100 Å². The van der Waals surface area contributed by atoms with Crippen molar-refractivity contribution in [3.8, 4) is 0 Å². The molecular weight excluding hydrogens is 204 g/mol. The fourth-order valence-corrected chi connectivity index (χ4v) is 1.66. The smallest absolute Gasteiger partial charge is 0.146 e. The highest BCUT2D eigenvalue weighted by Gasteiger charge is 2.05. The summed E-state index contributed by atoms with van der Waals surface area (Å²) in [6.07, 6.45) is 5.12. The highest BCUT2D eigenvalue weighted by Crippen LogP contribution is 2.12. The van der Waals surface area contributed by atoms with Crippen LogP contribution in [-0.2, 0) is 9.47 Å². The first kappa shape index (κ1) is 15.9. The highest BCUT2D eigenvalue weighted by atomic mass is 16.7. The summed E-state index contributed by atoms with van der Waals surface area (Å²) in [5, 5.41) is 9.19. The van der Waals surface area contributed by atoms with Gasteiger partial charge in [0.2, 0.25) is 0 Å². The largest absolute Gasteiger partial charge is 0.393 e. The minimum Gasteiger partial charge on any atom is -0.393 e. The van der Waals surface area contributed by atoms with Gasteiger partial charge in [0.05, 0.1) is 6.10 Å². The van der Waals surface area contributed by atoms with Gasteiger partial charge in [0.1, 0.15) is 6.79 Å². The highest BCUT2D eigenvalue weighted by molar-refractivity contribution is 4.57. The fraction of sp³-hybridized carbons (Fsp3) is 1.00. The van der Waals surface area contributed by atoms with Gasteiger partial charge in [-0.3, -0.25) is 0 Å². The van der Waals surface area contributed by atoms with Crippen LogP contribution in [0, 0.1) is 5.92 Å². The summed E-state index contributed by atoms with van der Waals surface area (Å²) in [4.78, 5) is 0. The van der Waals surface area contributed by atoms with E-state index in [1.54, 1.807) is 0 Å². The Morgan fingerprint density at radius 2 is 1.69 bits per heavy atom. The summed E-state index contributed by atoms with van der Waals surface area (Å²) in [5.74, 6) is 0.574. The molecule has 0 aromatic heterocycles. The lowest BCUT2D eigenvalue weighted by molar-refractivity contribution is -0.0559. The molecule has 2 atom stereocenters. The molecule has 0 heterocycles. The zero-order chi connectivity index (χ0) is 12.2. The number of rotatable bonds is 11. The SMILES string of the molecule is CCCCOCOCCCC(C)CC(C)O. The van der Waals surface area contributed by atoms with Crippen molar-refractivity contribution in [1.82, 2.24) is 0 Å². The Balaban J connectivity index is 3.08. The average Bonchev–Trinajstić information content (AvgIpc) is 2.21. The summed E-state index contributed by atoms with van der Waals surface area (Å²) in [6, 6.07) is 0. The van der Waals surface area contributed by atoms with Crippen LogP contribution in [0.1, 0.15) is 52.9 Å². The maximum atomic E-state index is 9.19. The van der Waals surface area contributed by atoms with Crippen molar-refractivity contribution in [3.05, 3.63) is 0 Å². The molecule has 0 rings (SSSR count). The molecule has 0 saturated heterocycles. The maximum absolute atomic E-state index is 9.19. The standard InChI is InChI=1S/C13H28O3/c1-4-5-8-15-11-16-9-6-7-12(2)10-13(3)14/h12-14H,4-11H2,1-3H3. The van der Waals surface area contributed by atoms with E-state index >= 15 is 0 Å². The van der Waals surface area contributed by atoms with Gasteiger partial charge in [-0.15, -0.1) is 0 Å². The molecule has 0 spiro atoms. The summed E-state index contributed by atoms with van der Waals surface area (Å²) < 4.78 is 10.6. The Bertz CT molecular complexity index is 137. The topological polar surface area (TPSA) is 38.7 Å². The van der Waals surface area contributed by atoms with E-state index in [-0.39, 0.29) is 6.10 Å². The number of hydrogen-bond acceptors (Lipinski definition) is 3. The number of hydrogen-bond donors (Lipinski definition) is 1. The molecular formula is C13H28O3. The lowest BCUT2D eigenvalue weighted by Crippen LogP contribution is -2.08. The second-order valence-electron chi connectivity index (χ2n) is 4.62. The van der Waals surface area contributed by atoms with Gasteiger partial charge >= 0.3 is 0 Å². The van der Waals surface area contributed by atoms with E-state index in [2.05, 4.69) is 13.8 Å². The third kappa shape index (κ3) is 12.0. The molecule has 0 aromatic rings. The van der Waals surface area contributed by atoms with Gasteiger partial charge in [-0.25, -0.2) is 0 Å². The van der Waals surface area contributed by atoms with E-state index in [0.29, 0.717) is 12.7 Å². The molecule has 2 unspecified atom stereocenters. The third-order valence-corrected chi connectivity index (χ3v) is 2.54. The van der Waals surface area contributed by atoms with Gasteiger partial charge in [0.15, 0.2) is 0 Å². The van der Waals surface area contributed by atoms with Crippen molar-refractivity contribution in [1.29, 1.82) is 0 Å². The van der Waals surface area contributed by atoms with Crippen LogP contribution in [0.4, 0.5) is 0 Å². The van der Waals surface area contributed by atoms with E-state index in [1.165, 1.54) is 0 Å². The molecule has 0 bridgehead atoms. The maximum Gasteiger partial charge on any atom is 0.146 e. The Morgan fingerprint density at radius 3 is 2.25 bits per heavy atom. The minimum atomic E-state index is -0.187. The second kappa shape index (κ2) is 11.4. The summed E-state index contributed by atoms with van der Waals surface area (Å²) in [5.41, 5.74) is 0. The van der Waals surface area contributed by atoms with Gasteiger partial charge in [0.25, 0.3) is 0 Å². The monoisotopic (exact) mass is 232 g/mol. The van der Waals surface area contributed by atoms with Crippen molar-refractivity contribution in [2.45, 2.75) is 59.0 Å². The van der Waals surface area contributed by atoms with Crippen molar-refractivity contribution in [2.24, 2.45) is 5.92 Å². The Hall–Kier alpha value is -0.120. The molecule has 0 fully saturated rings. The van der Waals surface area contributed by atoms with Crippen LogP contribution >= 0.6 is 0 Å². The lowest BCUT2D eigenvalue weighted by atomic mass is 9.99. The molecule has 0 aliphatic carbocycles. The van der Waals surface area contributed by atoms with Crippen LogP contribution < -0.4 is 0 Å². The molecule has 1 N–H and O–H groups in total. The zero-order valence-electron chi connectivity index (χ0n) is 11.1. The normalized spacial score (nSPS) is 15.0. The van der Waals surface area contributed by atoms with Crippen molar-refractivity contribution in [3.63, 3.8) is 0 Å². The van der Waals surface area contributed by atoms with E-state index in [1.807, 2.05) is 6.92 Å². The quantitative estimate of drug-likeness (QED) is 0.439. The fourth-order valence-electron chi connectivity index (χ4n) is 1.66. The second-order valence-corrected chi connectivity index (χ2v) is 4.62. The van der Waals surface area contributed by atoms with Crippen LogP contribution in [0.15, 0.2) is 0 Å². The van der Waals surface area contributed by atoms with Gasteiger partial charge < -0.3 is 14.6 Å². The van der Waals surface area contributed by atoms with Gasteiger partial charge in [0, 0.05) is 13.2 Å². The number of ether oxygens (including phenoxy) is 2. The van der Waals surface area contributed by atoms with Gasteiger partial charge in [-0.1, -0.05) is 20.3 Å². The first-order chi connectivity index (χ1) is 7.66. The van der Waals surface area contributed by atoms with E-state index in [0.717, 1.165) is 45.3 Å². The molecule has 98 valence electrons. The first-order valence-electron chi connectivity index (χ1n) is 6.50. The van der Waals surface area contributed by atoms with E-state index in [4.69, 9.17) is 9.47 Å². The van der Waals surface area contributed by atoms with E-state index in [9.17, 15) is 5.11 Å². The average molecular weight is 232 g/mol. The predicted octanol–water partition coefficient (Wildman–Crippen LogP) is 2.96. The van der Waals surface area contributed by atoms with Crippen molar-refractivity contribution >= 4 is 0 Å². The molecule has 0 saturated carbocycles. The van der Waals surface area contributed by atoms with Crippen LogP contribution in [0.25, 0.3) is 0 Å². The number of unbranched alkanes of at least 4 members (excludes halogenated alkanes) is 1. The van der Waals surface area contributed by atoms with Crippen LogP contribution in [0.3, 0.4) is 0 Å². The predicted molar refractivity (Wildman–Crippen MR) is 66.4 cm³/mol. The van der Waals surface area contributed by atoms with Crippen LogP contribution in [0.2, 0.25) is 0 Å². The zero-order valence-corrected chi connectivity index (χ0v) is 11.1. The number of aliphatic hydroxyl groups excluding tert-OH is 1. The summed E-state index contributed by atoms with van der Waals surface area (Å²) in [6.45, 7) is 8.14. The van der Waals surface area contributed by atoms with Gasteiger partial charge in [-0.05, 0) is 38.5 Å². The van der Waals surface area contributed by atoms with Crippen LogP contribution in [-0.4, -0.2) is 31.2 Å². The molecule has 16 heavy (non-hydrogen) atoms. The van der Waals surface area contributed by atoms with E-state index < -0.39 is 0 Å². The molecule has 0 radical (unpaired) electrons. The molecule has 3 nitrogen and oxygen atoms in total. The molecule has 0 aliphatic rings. The summed E-state index contributed by atoms with van der Waals surface area (Å²) >= 11 is 0. The van der Waals surface area contributed by atoms with Crippen molar-refractivity contribution < 1.29 is 14.6 Å². The first-order valence-corrected chi connectivity index (χ1v) is 6.50. The molecule has 3 heteroatoms. The number of aliphatic hydroxyl groups is 1. The van der Waals surface area contributed by atoms with Crippen molar-refractivity contribution in [2.75, 3.05) is 20.0 Å². The Morgan fingerprint density at radius 1 is 1.06 bits per heavy atom. The van der Waals surface area contributed by atoms with Crippen LogP contribution in [0.5, 0.6) is 0 Å².